The van der Waals surface area contributed by atoms with Crippen molar-refractivity contribution in [2.45, 2.75) is 31.6 Å². The maximum Gasteiger partial charge on any atom is 0.252 e. The molecule has 5 nitrogen and oxygen atoms in total. The molecule has 3 aromatic rings. The number of hydrogen-bond acceptors (Lipinski definition) is 4. The first-order valence-corrected chi connectivity index (χ1v) is 11.3. The zero-order valence-corrected chi connectivity index (χ0v) is 19.3. The molecule has 0 saturated heterocycles. The second kappa shape index (κ2) is 8.23. The summed E-state index contributed by atoms with van der Waals surface area (Å²) >= 11 is 6.37. The molecule has 1 saturated carbocycles. The SMILES string of the molecule is CNC(=O)c1ccc(-c2cc(CC(=O)C3(c4ccc5c(c4)OCO5)CC3)ccc2C)cc1Cl.[HH]. The van der Waals surface area contributed by atoms with Crippen molar-refractivity contribution in [3.05, 3.63) is 81.9 Å². The number of benzene rings is 3. The van der Waals surface area contributed by atoms with Crippen molar-refractivity contribution in [3.63, 3.8) is 0 Å². The summed E-state index contributed by atoms with van der Waals surface area (Å²) in [7, 11) is 1.58. The van der Waals surface area contributed by atoms with E-state index < -0.39 is 5.41 Å². The minimum atomic E-state index is -0.440. The number of halogens is 1. The van der Waals surface area contributed by atoms with Gasteiger partial charge in [-0.2, -0.15) is 0 Å². The maximum absolute atomic E-state index is 13.4. The van der Waals surface area contributed by atoms with Crippen LogP contribution in [0.5, 0.6) is 11.5 Å². The van der Waals surface area contributed by atoms with E-state index in [2.05, 4.69) is 5.32 Å². The fraction of sp³-hybridized carbons (Fsp3) is 0.259. The number of carbonyl (C=O) groups is 2. The molecule has 6 heteroatoms. The highest BCUT2D eigenvalue weighted by Crippen LogP contribution is 2.51. The molecule has 1 fully saturated rings. The fourth-order valence-corrected chi connectivity index (χ4v) is 4.76. The van der Waals surface area contributed by atoms with E-state index in [-0.39, 0.29) is 19.9 Å². The van der Waals surface area contributed by atoms with Crippen LogP contribution in [0.2, 0.25) is 5.02 Å². The molecule has 0 unspecified atom stereocenters. The fourth-order valence-electron chi connectivity index (χ4n) is 4.49. The summed E-state index contributed by atoms with van der Waals surface area (Å²) in [6, 6.07) is 17.3. The quantitative estimate of drug-likeness (QED) is 0.524. The maximum atomic E-state index is 13.4. The van der Waals surface area contributed by atoms with Gasteiger partial charge in [-0.25, -0.2) is 0 Å². The first-order valence-electron chi connectivity index (χ1n) is 11.0. The van der Waals surface area contributed by atoms with Crippen LogP contribution >= 0.6 is 11.6 Å². The van der Waals surface area contributed by atoms with Crippen molar-refractivity contribution in [1.82, 2.24) is 5.32 Å². The van der Waals surface area contributed by atoms with Gasteiger partial charge in [0.15, 0.2) is 11.5 Å². The largest absolute Gasteiger partial charge is 0.454 e. The predicted molar refractivity (Wildman–Crippen MR) is 129 cm³/mol. The van der Waals surface area contributed by atoms with Crippen molar-refractivity contribution in [2.24, 2.45) is 0 Å². The monoisotopic (exact) mass is 463 g/mol. The Morgan fingerprint density at radius 2 is 1.82 bits per heavy atom. The van der Waals surface area contributed by atoms with Gasteiger partial charge in [0.25, 0.3) is 5.91 Å². The number of amides is 1. The van der Waals surface area contributed by atoms with Crippen LogP contribution in [0, 0.1) is 6.92 Å². The van der Waals surface area contributed by atoms with Gasteiger partial charge in [0, 0.05) is 14.9 Å². The number of ether oxygens (including phenoxy) is 2. The smallest absolute Gasteiger partial charge is 0.252 e. The van der Waals surface area contributed by atoms with Crippen LogP contribution in [0.15, 0.2) is 54.6 Å². The Balaban J connectivity index is 0.00000274. The van der Waals surface area contributed by atoms with Crippen molar-refractivity contribution in [3.8, 4) is 22.6 Å². The van der Waals surface area contributed by atoms with Gasteiger partial charge in [-0.15, -0.1) is 0 Å². The normalized spacial score (nSPS) is 15.2. The highest BCUT2D eigenvalue weighted by molar-refractivity contribution is 6.34. The molecule has 1 heterocycles. The number of carbonyl (C=O) groups excluding carboxylic acids is 2. The summed E-state index contributed by atoms with van der Waals surface area (Å²) in [4.78, 5) is 25.4. The number of ketones is 1. The lowest BCUT2D eigenvalue weighted by Crippen LogP contribution is -2.22. The standard InChI is InChI=1S/C27H24ClNO4.H2/c1-16-3-4-17(11-21(16)18-5-7-20(22(28)13-18)26(31)29-2)12-25(30)27(9-10-27)19-6-8-23-24(14-19)33-15-32-23;/h3-8,11,13-14H,9-10,12,15H2,1-2H3,(H,29,31);1H. The number of nitrogens with one attached hydrogen (secondary N) is 1. The van der Waals surface area contributed by atoms with E-state index in [1.807, 2.05) is 49.4 Å². The second-order valence-electron chi connectivity index (χ2n) is 8.67. The Kier molecular flexibility index (Phi) is 5.37. The van der Waals surface area contributed by atoms with Gasteiger partial charge >= 0.3 is 0 Å². The first-order chi connectivity index (χ1) is 15.9. The van der Waals surface area contributed by atoms with Gasteiger partial charge in [0.1, 0.15) is 5.78 Å². The first kappa shape index (κ1) is 21.5. The van der Waals surface area contributed by atoms with E-state index in [1.54, 1.807) is 19.2 Å². The lowest BCUT2D eigenvalue weighted by atomic mass is 9.87. The van der Waals surface area contributed by atoms with Crippen molar-refractivity contribution in [2.75, 3.05) is 13.8 Å². The number of Topliss-reactive ketones (excluding diaryl/α,β-unsaturated/α-hetero) is 1. The van der Waals surface area contributed by atoms with Gasteiger partial charge < -0.3 is 14.8 Å². The van der Waals surface area contributed by atoms with Gasteiger partial charge in [0.05, 0.1) is 16.0 Å². The number of rotatable bonds is 6. The Morgan fingerprint density at radius 3 is 2.55 bits per heavy atom. The van der Waals surface area contributed by atoms with Gasteiger partial charge in [-0.05, 0) is 71.8 Å². The lowest BCUT2D eigenvalue weighted by Gasteiger charge is -2.16. The summed E-state index contributed by atoms with van der Waals surface area (Å²) in [5.41, 5.74) is 4.94. The molecule has 0 radical (unpaired) electrons. The van der Waals surface area contributed by atoms with Crippen LogP contribution < -0.4 is 14.8 Å². The summed E-state index contributed by atoms with van der Waals surface area (Å²) in [5, 5.41) is 2.99. The molecule has 5 rings (SSSR count). The third-order valence-corrected chi connectivity index (χ3v) is 6.94. The highest BCUT2D eigenvalue weighted by Gasteiger charge is 2.50. The summed E-state index contributed by atoms with van der Waals surface area (Å²) in [6.45, 7) is 2.25. The zero-order chi connectivity index (χ0) is 23.2. The third-order valence-electron chi connectivity index (χ3n) is 6.63. The Morgan fingerprint density at radius 1 is 1.03 bits per heavy atom. The molecule has 1 aliphatic heterocycles. The molecule has 1 N–H and O–H groups in total. The minimum absolute atomic E-state index is 0. The van der Waals surface area contributed by atoms with Gasteiger partial charge in [0.2, 0.25) is 6.79 Å². The topological polar surface area (TPSA) is 64.6 Å². The van der Waals surface area contributed by atoms with Crippen LogP contribution in [-0.4, -0.2) is 25.5 Å². The van der Waals surface area contributed by atoms with E-state index in [0.717, 1.165) is 46.4 Å². The van der Waals surface area contributed by atoms with E-state index in [0.29, 0.717) is 22.8 Å². The van der Waals surface area contributed by atoms with Crippen molar-refractivity contribution >= 4 is 23.3 Å². The van der Waals surface area contributed by atoms with E-state index in [9.17, 15) is 9.59 Å². The van der Waals surface area contributed by atoms with Crippen LogP contribution in [0.1, 0.15) is 41.3 Å². The van der Waals surface area contributed by atoms with E-state index in [1.165, 1.54) is 0 Å². The average molecular weight is 464 g/mol. The summed E-state index contributed by atoms with van der Waals surface area (Å²) < 4.78 is 10.9. The molecule has 33 heavy (non-hydrogen) atoms. The molecule has 2 aliphatic rings. The van der Waals surface area contributed by atoms with Crippen LogP contribution in [0.25, 0.3) is 11.1 Å². The molecule has 1 aliphatic carbocycles. The summed E-state index contributed by atoms with van der Waals surface area (Å²) in [5.74, 6) is 1.43. The minimum Gasteiger partial charge on any atom is -0.454 e. The predicted octanol–water partition coefficient (Wildman–Crippen LogP) is 5.49. The molecule has 1 amide bonds. The highest BCUT2D eigenvalue weighted by atomic mass is 35.5. The second-order valence-corrected chi connectivity index (χ2v) is 9.08. The number of hydrogen-bond donors (Lipinski definition) is 1. The Hall–Kier alpha value is -3.31. The van der Waals surface area contributed by atoms with Crippen LogP contribution in [-0.2, 0) is 16.6 Å². The van der Waals surface area contributed by atoms with E-state index in [4.69, 9.17) is 21.1 Å². The van der Waals surface area contributed by atoms with Crippen molar-refractivity contribution < 1.29 is 20.5 Å². The van der Waals surface area contributed by atoms with Crippen LogP contribution in [0.4, 0.5) is 0 Å². The van der Waals surface area contributed by atoms with E-state index >= 15 is 0 Å². The Bertz CT molecular complexity index is 1290. The molecule has 170 valence electrons. The molecular formula is C27H26ClNO4. The van der Waals surface area contributed by atoms with Gasteiger partial charge in [-0.3, -0.25) is 9.59 Å². The number of fused-ring (bicyclic) bond motifs is 1. The van der Waals surface area contributed by atoms with Gasteiger partial charge in [-0.1, -0.05) is 41.9 Å². The number of aryl methyl sites for hydroxylation is 1. The summed E-state index contributed by atoms with van der Waals surface area (Å²) in [6.07, 6.45) is 2.05. The van der Waals surface area contributed by atoms with Crippen molar-refractivity contribution in [1.29, 1.82) is 0 Å². The molecule has 0 spiro atoms. The lowest BCUT2D eigenvalue weighted by molar-refractivity contribution is -0.120. The zero-order valence-electron chi connectivity index (χ0n) is 18.5. The molecule has 3 aromatic carbocycles. The molecule has 0 aromatic heterocycles. The molecular weight excluding hydrogens is 438 g/mol. The molecule has 0 bridgehead atoms. The average Bonchev–Trinajstić information content (AvgIpc) is 3.50. The molecule has 0 atom stereocenters. The third kappa shape index (κ3) is 3.87. The Labute approximate surface area is 199 Å². The van der Waals surface area contributed by atoms with Crippen LogP contribution in [0.3, 0.4) is 0 Å².